The fraction of sp³-hybridized carbons (Fsp3) is 0.176. The fourth-order valence-corrected chi connectivity index (χ4v) is 3.02. The van der Waals surface area contributed by atoms with Crippen molar-refractivity contribution in [1.29, 1.82) is 0 Å². The number of hydrogen-bond acceptors (Lipinski definition) is 5. The summed E-state index contributed by atoms with van der Waals surface area (Å²) in [6, 6.07) is 13.2. The molecule has 1 amide bonds. The first-order valence-corrected chi connectivity index (χ1v) is 9.71. The highest BCUT2D eigenvalue weighted by Gasteiger charge is 2.20. The number of benzene rings is 2. The van der Waals surface area contributed by atoms with Crippen LogP contribution in [0.25, 0.3) is 0 Å². The summed E-state index contributed by atoms with van der Waals surface area (Å²) in [5.41, 5.74) is 3.40. The van der Waals surface area contributed by atoms with Gasteiger partial charge in [0.1, 0.15) is 12.3 Å². The highest BCUT2D eigenvalue weighted by molar-refractivity contribution is 7.92. The predicted octanol–water partition coefficient (Wildman–Crippen LogP) is 2.26. The van der Waals surface area contributed by atoms with E-state index in [1.165, 1.54) is 18.3 Å². The van der Waals surface area contributed by atoms with E-state index < -0.39 is 22.5 Å². The highest BCUT2D eigenvalue weighted by atomic mass is 35.5. The number of amides is 1. The van der Waals surface area contributed by atoms with Gasteiger partial charge in [-0.1, -0.05) is 11.6 Å². The van der Waals surface area contributed by atoms with E-state index in [4.69, 9.17) is 16.3 Å². The quantitative estimate of drug-likeness (QED) is 0.575. The van der Waals surface area contributed by atoms with Gasteiger partial charge in [-0.15, -0.1) is 0 Å². The smallest absolute Gasteiger partial charge is 0.260 e. The molecular formula is C17H18ClN3O4S. The fourth-order valence-electron chi connectivity index (χ4n) is 2.04. The van der Waals surface area contributed by atoms with Crippen molar-refractivity contribution in [1.82, 2.24) is 5.43 Å². The molecule has 138 valence electrons. The molecule has 0 bridgehead atoms. The molecule has 1 N–H and O–H groups in total. The predicted molar refractivity (Wildman–Crippen MR) is 102 cm³/mol. The molecule has 2 aromatic carbocycles. The minimum absolute atomic E-state index is 0.339. The molecule has 0 spiro atoms. The largest absolute Gasteiger partial charge is 0.497 e. The molecule has 0 unspecified atom stereocenters. The molecule has 26 heavy (non-hydrogen) atoms. The Kier molecular flexibility index (Phi) is 6.59. The zero-order valence-corrected chi connectivity index (χ0v) is 15.8. The standard InChI is InChI=1S/C17H18ClN3O4S/c1-25-16-9-3-13(4-10-16)11-19-20-17(22)12-21(26(2,23)24)15-7-5-14(18)6-8-15/h3-11H,12H2,1-2H3,(H,20,22)/b19-11-. The van der Waals surface area contributed by atoms with Crippen LogP contribution in [0.2, 0.25) is 5.02 Å². The number of nitrogens with one attached hydrogen (secondary N) is 1. The molecule has 0 aliphatic carbocycles. The van der Waals surface area contributed by atoms with Crippen LogP contribution in [0.4, 0.5) is 5.69 Å². The Labute approximate surface area is 157 Å². The second-order valence-corrected chi connectivity index (χ2v) is 7.66. The van der Waals surface area contributed by atoms with Gasteiger partial charge in [-0.05, 0) is 54.1 Å². The number of hydrazone groups is 1. The van der Waals surface area contributed by atoms with Crippen LogP contribution in [0.1, 0.15) is 5.56 Å². The van der Waals surface area contributed by atoms with Crippen molar-refractivity contribution in [3.63, 3.8) is 0 Å². The first-order chi connectivity index (χ1) is 12.3. The lowest BCUT2D eigenvalue weighted by Crippen LogP contribution is -2.38. The Bertz CT molecular complexity index is 881. The third-order valence-corrected chi connectivity index (χ3v) is 4.71. The van der Waals surface area contributed by atoms with Gasteiger partial charge in [0.05, 0.1) is 25.3 Å². The third-order valence-electron chi connectivity index (χ3n) is 3.32. The zero-order valence-electron chi connectivity index (χ0n) is 14.2. The van der Waals surface area contributed by atoms with E-state index in [0.717, 1.165) is 16.1 Å². The van der Waals surface area contributed by atoms with Crippen LogP contribution in [0.3, 0.4) is 0 Å². The summed E-state index contributed by atoms with van der Waals surface area (Å²) in [5, 5.41) is 4.30. The first-order valence-electron chi connectivity index (χ1n) is 7.49. The maximum Gasteiger partial charge on any atom is 0.260 e. The van der Waals surface area contributed by atoms with Crippen LogP contribution >= 0.6 is 11.6 Å². The minimum Gasteiger partial charge on any atom is -0.497 e. The monoisotopic (exact) mass is 395 g/mol. The van der Waals surface area contributed by atoms with E-state index in [0.29, 0.717) is 16.5 Å². The average molecular weight is 396 g/mol. The molecule has 0 saturated carbocycles. The van der Waals surface area contributed by atoms with E-state index in [1.54, 1.807) is 43.5 Å². The molecule has 0 aliphatic heterocycles. The van der Waals surface area contributed by atoms with Gasteiger partial charge >= 0.3 is 0 Å². The summed E-state index contributed by atoms with van der Waals surface area (Å²) in [6.07, 6.45) is 2.47. The highest BCUT2D eigenvalue weighted by Crippen LogP contribution is 2.20. The Morgan fingerprint density at radius 2 is 1.81 bits per heavy atom. The van der Waals surface area contributed by atoms with Crippen molar-refractivity contribution in [3.05, 3.63) is 59.1 Å². The Hall–Kier alpha value is -2.58. The summed E-state index contributed by atoms with van der Waals surface area (Å²) in [4.78, 5) is 12.1. The zero-order chi connectivity index (χ0) is 19.2. The van der Waals surface area contributed by atoms with Crippen LogP contribution < -0.4 is 14.5 Å². The molecule has 0 heterocycles. The molecular weight excluding hydrogens is 378 g/mol. The van der Waals surface area contributed by atoms with Crippen molar-refractivity contribution in [2.75, 3.05) is 24.2 Å². The van der Waals surface area contributed by atoms with Gasteiger partial charge in [-0.25, -0.2) is 13.8 Å². The lowest BCUT2D eigenvalue weighted by Gasteiger charge is -2.21. The van der Waals surface area contributed by atoms with Gasteiger partial charge in [0.2, 0.25) is 10.0 Å². The van der Waals surface area contributed by atoms with Crippen molar-refractivity contribution >= 4 is 39.4 Å². The summed E-state index contributed by atoms with van der Waals surface area (Å²) in [5.74, 6) is 0.132. The topological polar surface area (TPSA) is 88.1 Å². The van der Waals surface area contributed by atoms with Crippen LogP contribution in [-0.4, -0.2) is 40.4 Å². The molecule has 0 atom stereocenters. The first kappa shape index (κ1) is 19.7. The molecule has 0 aliphatic rings. The molecule has 2 rings (SSSR count). The maximum absolute atomic E-state index is 12.1. The molecule has 0 radical (unpaired) electrons. The van der Waals surface area contributed by atoms with E-state index >= 15 is 0 Å². The molecule has 7 nitrogen and oxygen atoms in total. The Morgan fingerprint density at radius 3 is 2.35 bits per heavy atom. The second kappa shape index (κ2) is 8.68. The Balaban J connectivity index is 2.02. The number of carbonyl (C=O) groups is 1. The van der Waals surface area contributed by atoms with Crippen LogP contribution in [0.5, 0.6) is 5.75 Å². The summed E-state index contributed by atoms with van der Waals surface area (Å²) in [7, 11) is -2.08. The number of carbonyl (C=O) groups excluding carboxylic acids is 1. The minimum atomic E-state index is -3.65. The lowest BCUT2D eigenvalue weighted by molar-refractivity contribution is -0.119. The number of ether oxygens (including phenoxy) is 1. The SMILES string of the molecule is COc1ccc(/C=N\NC(=O)CN(c2ccc(Cl)cc2)S(C)(=O)=O)cc1. The number of anilines is 1. The van der Waals surface area contributed by atoms with Gasteiger partial charge in [0.25, 0.3) is 5.91 Å². The third kappa shape index (κ3) is 5.75. The van der Waals surface area contributed by atoms with Crippen molar-refractivity contribution in [2.45, 2.75) is 0 Å². The summed E-state index contributed by atoms with van der Waals surface area (Å²) < 4.78 is 30.0. The number of sulfonamides is 1. The van der Waals surface area contributed by atoms with Gasteiger partial charge < -0.3 is 4.74 Å². The number of methoxy groups -OCH3 is 1. The number of hydrogen-bond donors (Lipinski definition) is 1. The van der Waals surface area contributed by atoms with E-state index in [2.05, 4.69) is 10.5 Å². The molecule has 0 fully saturated rings. The molecule has 9 heteroatoms. The van der Waals surface area contributed by atoms with Gasteiger partial charge in [0.15, 0.2) is 0 Å². The van der Waals surface area contributed by atoms with Crippen LogP contribution in [0, 0.1) is 0 Å². The Morgan fingerprint density at radius 1 is 1.19 bits per heavy atom. The normalized spacial score (nSPS) is 11.3. The average Bonchev–Trinajstić information content (AvgIpc) is 2.60. The van der Waals surface area contributed by atoms with Gasteiger partial charge in [0, 0.05) is 5.02 Å². The van der Waals surface area contributed by atoms with E-state index in [1.807, 2.05) is 0 Å². The summed E-state index contributed by atoms with van der Waals surface area (Å²) >= 11 is 5.81. The van der Waals surface area contributed by atoms with Crippen molar-refractivity contribution < 1.29 is 17.9 Å². The van der Waals surface area contributed by atoms with Gasteiger partial charge in [-0.2, -0.15) is 5.10 Å². The lowest BCUT2D eigenvalue weighted by atomic mass is 10.2. The van der Waals surface area contributed by atoms with Gasteiger partial charge in [-0.3, -0.25) is 9.10 Å². The molecule has 0 aromatic heterocycles. The van der Waals surface area contributed by atoms with E-state index in [9.17, 15) is 13.2 Å². The molecule has 0 saturated heterocycles. The second-order valence-electron chi connectivity index (χ2n) is 5.31. The number of halogens is 1. The number of rotatable bonds is 7. The molecule has 2 aromatic rings. The van der Waals surface area contributed by atoms with Crippen molar-refractivity contribution in [2.24, 2.45) is 5.10 Å². The van der Waals surface area contributed by atoms with Crippen LogP contribution in [0.15, 0.2) is 53.6 Å². The number of nitrogens with zero attached hydrogens (tertiary/aromatic N) is 2. The van der Waals surface area contributed by atoms with Crippen molar-refractivity contribution in [3.8, 4) is 5.75 Å². The maximum atomic E-state index is 12.1. The van der Waals surface area contributed by atoms with E-state index in [-0.39, 0.29) is 0 Å². The summed E-state index contributed by atoms with van der Waals surface area (Å²) in [6.45, 7) is -0.402. The van der Waals surface area contributed by atoms with Crippen LogP contribution in [-0.2, 0) is 14.8 Å².